The molecule has 7 rings (SSSR count). The number of allylic oxidation sites excluding steroid dienone is 4. The average molecular weight is 977 g/mol. The van der Waals surface area contributed by atoms with Gasteiger partial charge in [-0.1, -0.05) is 53.6 Å². The number of fused-ring (bicyclic) bond motifs is 7. The average Bonchev–Trinajstić information content (AvgIpc) is 3.86. The fourth-order valence-corrected chi connectivity index (χ4v) is 12.6. The Balaban J connectivity index is 1.07. The molecule has 0 bridgehead atoms. The normalized spacial score (nSPS) is 31.2. The molecule has 1 aliphatic heterocycles. The summed E-state index contributed by atoms with van der Waals surface area (Å²) in [5, 5.41) is 28.8. The second-order valence-electron chi connectivity index (χ2n) is 17.5. The van der Waals surface area contributed by atoms with Crippen LogP contribution in [-0.4, -0.2) is 97.6 Å². The van der Waals surface area contributed by atoms with Gasteiger partial charge >= 0.3 is 13.8 Å². The number of phosphoric acid groups is 1. The minimum Gasteiger partial charge on any atom is -0.481 e. The molecule has 0 radical (unpaired) electrons. The Labute approximate surface area is 375 Å². The smallest absolute Gasteiger partial charge is 0.470 e. The molecule has 0 spiro atoms. The third-order valence-electron chi connectivity index (χ3n) is 13.7. The van der Waals surface area contributed by atoms with Gasteiger partial charge in [0.05, 0.1) is 29.0 Å². The van der Waals surface area contributed by atoms with Gasteiger partial charge < -0.3 is 45.4 Å². The molecule has 1 aromatic heterocycles. The molecule has 2 aromatic rings. The highest BCUT2D eigenvalue weighted by Gasteiger charge is 2.76. The van der Waals surface area contributed by atoms with Crippen LogP contribution in [-0.2, 0) is 53.8 Å². The molecule has 1 saturated heterocycles. The quantitative estimate of drug-likeness (QED) is 0.0921. The van der Waals surface area contributed by atoms with Crippen molar-refractivity contribution in [3.63, 3.8) is 0 Å². The summed E-state index contributed by atoms with van der Waals surface area (Å²) in [6.07, 6.45) is 4.22. The molecule has 7 N–H and O–H groups in total. The van der Waals surface area contributed by atoms with Gasteiger partial charge in [-0.3, -0.25) is 33.3 Å². The van der Waals surface area contributed by atoms with Crippen molar-refractivity contribution in [1.82, 2.24) is 10.6 Å². The number of carboxylic acids is 1. The Morgan fingerprint density at radius 1 is 1.11 bits per heavy atom. The zero-order valence-electron chi connectivity index (χ0n) is 34.8. The van der Waals surface area contributed by atoms with Crippen molar-refractivity contribution in [2.45, 2.75) is 95.9 Å². The van der Waals surface area contributed by atoms with E-state index in [-0.39, 0.29) is 54.7 Å². The van der Waals surface area contributed by atoms with Gasteiger partial charge in [0.15, 0.2) is 23.5 Å². The van der Waals surface area contributed by atoms with Crippen LogP contribution in [0, 0.1) is 35.5 Å². The fourth-order valence-electron chi connectivity index (χ4n) is 10.9. The van der Waals surface area contributed by atoms with E-state index < -0.39 is 84.9 Å². The zero-order valence-corrected chi connectivity index (χ0v) is 38.1. The Morgan fingerprint density at radius 2 is 1.84 bits per heavy atom. The molecule has 3 amide bonds. The number of thiophene rings is 1. The van der Waals surface area contributed by atoms with Gasteiger partial charge in [0, 0.05) is 40.2 Å². The molecule has 4 aliphatic carbocycles. The first-order chi connectivity index (χ1) is 29.7. The lowest BCUT2D eigenvalue weighted by Gasteiger charge is -2.59. The van der Waals surface area contributed by atoms with E-state index in [0.717, 1.165) is 21.6 Å². The third kappa shape index (κ3) is 9.31. The number of ether oxygens (including phenoxy) is 2. The first kappa shape index (κ1) is 47.1. The van der Waals surface area contributed by atoms with Crippen molar-refractivity contribution >= 4 is 76.0 Å². The summed E-state index contributed by atoms with van der Waals surface area (Å²) in [5.41, 5.74) is -0.0748. The number of carboxylic acid groups (broad SMARTS) is 1. The van der Waals surface area contributed by atoms with Crippen LogP contribution >= 0.6 is 35.1 Å². The second-order valence-corrected chi connectivity index (χ2v) is 20.5. The maximum absolute atomic E-state index is 14.4. The molecule has 1 aromatic carbocycles. The molecule has 17 nitrogen and oxygen atoms in total. The highest BCUT2D eigenvalue weighted by molar-refractivity contribution is 9.09. The van der Waals surface area contributed by atoms with Gasteiger partial charge in [-0.05, 0) is 92.3 Å². The number of carbonyl (C=O) groups is 6. The van der Waals surface area contributed by atoms with E-state index in [1.807, 2.05) is 45.0 Å². The number of phosphoric ester groups is 1. The summed E-state index contributed by atoms with van der Waals surface area (Å²) < 4.78 is 30.1. The molecule has 3 saturated carbocycles. The second kappa shape index (κ2) is 18.2. The number of alkyl halides is 1. The van der Waals surface area contributed by atoms with Gasteiger partial charge in [-0.2, -0.15) is 0 Å². The van der Waals surface area contributed by atoms with E-state index in [1.165, 1.54) is 11.3 Å². The number of aliphatic hydroxyl groups is 1. The van der Waals surface area contributed by atoms with Gasteiger partial charge in [0.1, 0.15) is 12.6 Å². The molecule has 5 aliphatic rings. The number of rotatable bonds is 16. The fraction of sp³-hybridized carbons (Fsp3) is 0.535. The Morgan fingerprint density at radius 3 is 2.52 bits per heavy atom. The van der Waals surface area contributed by atoms with E-state index in [1.54, 1.807) is 24.3 Å². The number of ketones is 2. The minimum atomic E-state index is -5.04. The van der Waals surface area contributed by atoms with Crippen molar-refractivity contribution in [2.75, 3.05) is 23.8 Å². The number of anilines is 1. The van der Waals surface area contributed by atoms with E-state index in [9.17, 15) is 53.3 Å². The maximum atomic E-state index is 14.4. The van der Waals surface area contributed by atoms with Crippen LogP contribution in [0.1, 0.15) is 79.5 Å². The predicted octanol–water partition coefficient (Wildman–Crippen LogP) is 4.17. The molecule has 4 fully saturated rings. The predicted molar refractivity (Wildman–Crippen MR) is 230 cm³/mol. The summed E-state index contributed by atoms with van der Waals surface area (Å²) in [7, 11) is -5.04. The maximum Gasteiger partial charge on any atom is 0.470 e. The highest BCUT2D eigenvalue weighted by Crippen LogP contribution is 2.70. The lowest BCUT2D eigenvalue weighted by molar-refractivity contribution is -0.200. The number of aliphatic hydroxyl groups excluding tert-OH is 1. The van der Waals surface area contributed by atoms with E-state index in [0.29, 0.717) is 36.2 Å². The summed E-state index contributed by atoms with van der Waals surface area (Å²) in [4.78, 5) is 95.9. The molecular weight excluding hydrogens is 925 g/mol. The van der Waals surface area contributed by atoms with Crippen LogP contribution in [0.2, 0.25) is 0 Å². The zero-order chi connectivity index (χ0) is 45.6. The highest BCUT2D eigenvalue weighted by atomic mass is 79.9. The van der Waals surface area contributed by atoms with Crippen LogP contribution < -0.4 is 16.0 Å². The van der Waals surface area contributed by atoms with Crippen molar-refractivity contribution in [3.8, 4) is 0 Å². The first-order valence-electron chi connectivity index (χ1n) is 20.7. The topological polar surface area (TPSA) is 264 Å². The first-order valence-corrected chi connectivity index (χ1v) is 24.2. The number of hydrogen-bond donors (Lipinski definition) is 7. The molecule has 10 atom stereocenters. The van der Waals surface area contributed by atoms with Crippen molar-refractivity contribution in [3.05, 3.63) is 75.0 Å². The van der Waals surface area contributed by atoms with Gasteiger partial charge in [0.2, 0.25) is 17.7 Å². The third-order valence-corrected chi connectivity index (χ3v) is 16.0. The molecule has 340 valence electrons. The van der Waals surface area contributed by atoms with Crippen LogP contribution in [0.5, 0.6) is 0 Å². The summed E-state index contributed by atoms with van der Waals surface area (Å²) >= 11 is 4.40. The van der Waals surface area contributed by atoms with E-state index in [4.69, 9.17) is 14.0 Å². The van der Waals surface area contributed by atoms with Gasteiger partial charge in [0.25, 0.3) is 0 Å². The Bertz CT molecular complexity index is 2300. The lowest BCUT2D eigenvalue weighted by Crippen LogP contribution is -2.63. The number of benzene rings is 1. The number of amides is 3. The van der Waals surface area contributed by atoms with Crippen LogP contribution in [0.25, 0.3) is 0 Å². The molecule has 2 heterocycles. The largest absolute Gasteiger partial charge is 0.481 e. The number of nitrogens with one attached hydrogen (secondary N) is 3. The number of aryl methyl sites for hydroxylation is 1. The molecule has 0 unspecified atom stereocenters. The Kier molecular flexibility index (Phi) is 13.6. The minimum absolute atomic E-state index is 0.0155. The number of Topliss-reactive ketones (excluding diaryl/α,β-unsaturated/α-hetero) is 1. The number of carbonyl (C=O) groups excluding carboxylic acids is 5. The van der Waals surface area contributed by atoms with Crippen molar-refractivity contribution in [2.24, 2.45) is 28.6 Å². The molecular formula is C43H51BrN3O14PS. The lowest BCUT2D eigenvalue weighted by atomic mass is 9.46. The van der Waals surface area contributed by atoms with Crippen LogP contribution in [0.3, 0.4) is 0 Å². The van der Waals surface area contributed by atoms with Gasteiger partial charge in [-0.15, -0.1) is 11.3 Å². The summed E-state index contributed by atoms with van der Waals surface area (Å²) in [6, 6.07) is 7.72. The number of hydrogen-bond acceptors (Lipinski definition) is 12. The van der Waals surface area contributed by atoms with E-state index in [2.05, 4.69) is 31.9 Å². The van der Waals surface area contributed by atoms with Crippen LogP contribution in [0.4, 0.5) is 5.69 Å². The standard InChI is InChI=1S/C43H51BrN3O14PS/c1-22-14-32(63-31(22)15-23-4-7-25(8-5-23)46-39(55)29(10-11-37(53)54)47-36(52)20-45-35(51)19-44)40-60-34-17-28-27-9-6-24-16-26(48)12-13-41(24,2)38(27)30(49)18-42(28,3)43(34,61-40)33(50)21-59-62(56,57)58/h4-5,7-8,12-14,16,27-30,34,38,40,49H,6,9-11,15,17-21H2,1-3H3,(H,45,51)(H,46,55)(H,47,52)(H,53,54)(H2,56,57,58)/t27-,28-,29-,30-,34+,38+,40+,41-,42-,43+/m0/s1. The molecule has 63 heavy (non-hydrogen) atoms. The number of halogens is 1. The van der Waals surface area contributed by atoms with Crippen molar-refractivity contribution < 1.29 is 67.3 Å². The monoisotopic (exact) mass is 975 g/mol. The summed E-state index contributed by atoms with van der Waals surface area (Å²) in [6.45, 7) is 4.58. The summed E-state index contributed by atoms with van der Waals surface area (Å²) in [5.74, 6) is -4.09. The molecule has 20 heteroatoms. The number of aliphatic carboxylic acids is 1. The Hall–Kier alpha value is -3.91. The van der Waals surface area contributed by atoms with E-state index >= 15 is 0 Å². The van der Waals surface area contributed by atoms with Crippen molar-refractivity contribution in [1.29, 1.82) is 0 Å². The SMILES string of the molecule is Cc1cc([C@@H]2O[C@@H]3C[C@H]4[C@@H]5CCC6=CC(=O)C=C[C@]6(C)[C@H]5[C@@H](O)C[C@]4(C)[C@]3(C(=O)COP(=O)(O)O)O2)sc1Cc1ccc(NC(=O)[C@H](CCC(=O)O)NC(=O)CNC(=O)CBr)cc1. The van der Waals surface area contributed by atoms with Gasteiger partial charge in [-0.25, -0.2) is 4.57 Å². The van der Waals surface area contributed by atoms with Crippen LogP contribution in [0.15, 0.2) is 54.1 Å².